The summed E-state index contributed by atoms with van der Waals surface area (Å²) in [5.41, 5.74) is 5.84. The predicted molar refractivity (Wildman–Crippen MR) is 59.4 cm³/mol. The van der Waals surface area contributed by atoms with Crippen molar-refractivity contribution < 1.29 is 13.5 Å². The van der Waals surface area contributed by atoms with Crippen molar-refractivity contribution in [3.8, 4) is 0 Å². The molecule has 5 heteroatoms. The van der Waals surface area contributed by atoms with E-state index in [4.69, 9.17) is 10.5 Å². The summed E-state index contributed by atoms with van der Waals surface area (Å²) in [6.07, 6.45) is 1.70. The van der Waals surface area contributed by atoms with E-state index in [9.17, 15) is 8.78 Å². The first-order valence-electron chi connectivity index (χ1n) is 4.96. The van der Waals surface area contributed by atoms with Crippen molar-refractivity contribution in [3.63, 3.8) is 0 Å². The average Bonchev–Trinajstić information content (AvgIpc) is 2.16. The smallest absolute Gasteiger partial charge is 0.128 e. The topological polar surface area (TPSA) is 35.2 Å². The van der Waals surface area contributed by atoms with Gasteiger partial charge in [0.25, 0.3) is 0 Å². The van der Waals surface area contributed by atoms with Crippen LogP contribution in [0.2, 0.25) is 0 Å². The Morgan fingerprint density at radius 2 is 2.00 bits per heavy atom. The molecule has 0 atom stereocenters. The molecule has 1 aliphatic rings. The highest BCUT2D eigenvalue weighted by atomic mass is 35.5. The van der Waals surface area contributed by atoms with E-state index < -0.39 is 11.6 Å². The third kappa shape index (κ3) is 3.14. The average molecular weight is 250 g/mol. The molecule has 1 saturated carbocycles. The fraction of sp³-hybridized carbons (Fsp3) is 0.455. The van der Waals surface area contributed by atoms with Gasteiger partial charge < -0.3 is 10.5 Å². The standard InChI is InChI=1S/C11H13F2NO.ClH/c12-8-1-2-11(13)7(3-8)6-15-10-4-9(14)5-10;/h1-3,9-10H,4-6,14H2;1H. The Labute approximate surface area is 99.2 Å². The Kier molecular flexibility index (Phi) is 4.65. The molecule has 2 N–H and O–H groups in total. The first kappa shape index (κ1) is 13.4. The molecule has 1 aromatic rings. The minimum absolute atomic E-state index is 0. The molecule has 1 aromatic carbocycles. The van der Waals surface area contributed by atoms with Gasteiger partial charge in [-0.15, -0.1) is 12.4 Å². The van der Waals surface area contributed by atoms with Crippen LogP contribution in [0.25, 0.3) is 0 Å². The highest BCUT2D eigenvalue weighted by molar-refractivity contribution is 5.85. The van der Waals surface area contributed by atoms with E-state index >= 15 is 0 Å². The molecular weight excluding hydrogens is 236 g/mol. The maximum atomic E-state index is 13.1. The molecule has 0 unspecified atom stereocenters. The number of nitrogens with two attached hydrogens (primary N) is 1. The monoisotopic (exact) mass is 249 g/mol. The van der Waals surface area contributed by atoms with Gasteiger partial charge >= 0.3 is 0 Å². The normalized spacial score (nSPS) is 23.4. The molecule has 0 amide bonds. The fourth-order valence-corrected chi connectivity index (χ4v) is 1.60. The number of hydrogen-bond acceptors (Lipinski definition) is 2. The highest BCUT2D eigenvalue weighted by Gasteiger charge is 2.26. The van der Waals surface area contributed by atoms with E-state index in [1.54, 1.807) is 0 Å². The Hall–Kier alpha value is -0.710. The van der Waals surface area contributed by atoms with Crippen molar-refractivity contribution in [2.75, 3.05) is 0 Å². The van der Waals surface area contributed by atoms with Crippen LogP contribution in [0.4, 0.5) is 8.78 Å². The summed E-state index contributed by atoms with van der Waals surface area (Å²) >= 11 is 0. The number of rotatable bonds is 3. The second kappa shape index (κ2) is 5.57. The van der Waals surface area contributed by atoms with Crippen LogP contribution >= 0.6 is 12.4 Å². The molecule has 0 aliphatic heterocycles. The zero-order valence-electron chi connectivity index (χ0n) is 8.66. The van der Waals surface area contributed by atoms with Gasteiger partial charge in [0.05, 0.1) is 12.7 Å². The second-order valence-corrected chi connectivity index (χ2v) is 3.90. The largest absolute Gasteiger partial charge is 0.373 e. The van der Waals surface area contributed by atoms with E-state index in [0.717, 1.165) is 31.0 Å². The van der Waals surface area contributed by atoms with Crippen molar-refractivity contribution in [2.24, 2.45) is 5.73 Å². The summed E-state index contributed by atoms with van der Waals surface area (Å²) in [4.78, 5) is 0. The van der Waals surface area contributed by atoms with Crippen LogP contribution in [0.3, 0.4) is 0 Å². The summed E-state index contributed by atoms with van der Waals surface area (Å²) in [6, 6.07) is 3.57. The van der Waals surface area contributed by atoms with E-state index in [2.05, 4.69) is 0 Å². The summed E-state index contributed by atoms with van der Waals surface area (Å²) in [5, 5.41) is 0. The van der Waals surface area contributed by atoms with E-state index in [1.165, 1.54) is 0 Å². The maximum absolute atomic E-state index is 13.1. The minimum atomic E-state index is -0.444. The van der Waals surface area contributed by atoms with Gasteiger partial charge in [0.15, 0.2) is 0 Å². The fourth-order valence-electron chi connectivity index (χ4n) is 1.60. The predicted octanol–water partition coefficient (Wildman–Crippen LogP) is 2.39. The molecule has 90 valence electrons. The van der Waals surface area contributed by atoms with Crippen LogP contribution in [-0.4, -0.2) is 12.1 Å². The van der Waals surface area contributed by atoms with Gasteiger partial charge in [-0.2, -0.15) is 0 Å². The van der Waals surface area contributed by atoms with Crippen molar-refractivity contribution in [2.45, 2.75) is 31.6 Å². The van der Waals surface area contributed by atoms with Gasteiger partial charge in [-0.1, -0.05) is 0 Å². The molecule has 1 fully saturated rings. The van der Waals surface area contributed by atoms with Gasteiger partial charge in [-0.05, 0) is 31.0 Å². The Morgan fingerprint density at radius 3 is 2.62 bits per heavy atom. The Bertz CT molecular complexity index is 356. The van der Waals surface area contributed by atoms with E-state index in [0.29, 0.717) is 0 Å². The summed E-state index contributed by atoms with van der Waals surface area (Å²) < 4.78 is 31.3. The van der Waals surface area contributed by atoms with Gasteiger partial charge in [-0.3, -0.25) is 0 Å². The van der Waals surface area contributed by atoms with Crippen LogP contribution < -0.4 is 5.73 Å². The molecule has 0 aromatic heterocycles. The zero-order chi connectivity index (χ0) is 10.8. The van der Waals surface area contributed by atoms with Crippen LogP contribution in [0.5, 0.6) is 0 Å². The highest BCUT2D eigenvalue weighted by Crippen LogP contribution is 2.23. The molecule has 2 nitrogen and oxygen atoms in total. The quantitative estimate of drug-likeness (QED) is 0.893. The molecule has 0 radical (unpaired) electrons. The van der Waals surface area contributed by atoms with E-state index in [1.807, 2.05) is 0 Å². The van der Waals surface area contributed by atoms with Gasteiger partial charge in [0.2, 0.25) is 0 Å². The SMILES string of the molecule is Cl.NC1CC(OCc2cc(F)ccc2F)C1. The van der Waals surface area contributed by atoms with Crippen molar-refractivity contribution in [1.82, 2.24) is 0 Å². The van der Waals surface area contributed by atoms with Crippen LogP contribution in [0.15, 0.2) is 18.2 Å². The first-order valence-corrected chi connectivity index (χ1v) is 4.96. The summed E-state index contributed by atoms with van der Waals surface area (Å²) in [5.74, 6) is -0.875. The van der Waals surface area contributed by atoms with Crippen molar-refractivity contribution in [3.05, 3.63) is 35.4 Å². The molecule has 2 rings (SSSR count). The number of ether oxygens (including phenoxy) is 1. The summed E-state index contributed by atoms with van der Waals surface area (Å²) in [7, 11) is 0. The third-order valence-corrected chi connectivity index (χ3v) is 2.61. The van der Waals surface area contributed by atoms with Gasteiger partial charge in [0.1, 0.15) is 11.6 Å². The zero-order valence-corrected chi connectivity index (χ0v) is 9.47. The minimum Gasteiger partial charge on any atom is -0.373 e. The molecule has 0 spiro atoms. The van der Waals surface area contributed by atoms with Gasteiger partial charge in [-0.25, -0.2) is 8.78 Å². The lowest BCUT2D eigenvalue weighted by molar-refractivity contribution is -0.0199. The number of halogens is 3. The van der Waals surface area contributed by atoms with Crippen LogP contribution in [-0.2, 0) is 11.3 Å². The number of benzene rings is 1. The Morgan fingerprint density at radius 1 is 1.31 bits per heavy atom. The summed E-state index contributed by atoms with van der Waals surface area (Å²) in [6.45, 7) is 0.112. The number of hydrogen-bond donors (Lipinski definition) is 1. The van der Waals surface area contributed by atoms with Gasteiger partial charge in [0, 0.05) is 11.6 Å². The lowest BCUT2D eigenvalue weighted by Crippen LogP contribution is -2.41. The molecule has 1 aliphatic carbocycles. The van der Waals surface area contributed by atoms with Crippen LogP contribution in [0, 0.1) is 11.6 Å². The van der Waals surface area contributed by atoms with Crippen LogP contribution in [0.1, 0.15) is 18.4 Å². The third-order valence-electron chi connectivity index (χ3n) is 2.61. The molecule has 0 bridgehead atoms. The Balaban J connectivity index is 0.00000128. The van der Waals surface area contributed by atoms with Crippen molar-refractivity contribution in [1.29, 1.82) is 0 Å². The van der Waals surface area contributed by atoms with Crippen molar-refractivity contribution >= 4 is 12.4 Å². The van der Waals surface area contributed by atoms with E-state index in [-0.39, 0.29) is 36.7 Å². The molecule has 0 saturated heterocycles. The first-order chi connectivity index (χ1) is 7.15. The molecule has 0 heterocycles. The lowest BCUT2D eigenvalue weighted by atomic mass is 9.90. The lowest BCUT2D eigenvalue weighted by Gasteiger charge is -2.32. The molecule has 16 heavy (non-hydrogen) atoms. The molecular formula is C11H14ClF2NO. The second-order valence-electron chi connectivity index (χ2n) is 3.90. The maximum Gasteiger partial charge on any atom is 0.128 e.